The molecule has 146 valence electrons. The molecule has 1 aromatic heterocycles. The zero-order chi connectivity index (χ0) is 20.5. The van der Waals surface area contributed by atoms with Crippen LogP contribution in [0.1, 0.15) is 40.1 Å². The van der Waals surface area contributed by atoms with Crippen molar-refractivity contribution in [2.75, 3.05) is 7.11 Å². The van der Waals surface area contributed by atoms with Gasteiger partial charge >= 0.3 is 5.97 Å². The van der Waals surface area contributed by atoms with Gasteiger partial charge in [0.2, 0.25) is 0 Å². The second-order valence-corrected chi connectivity index (χ2v) is 7.59. The molecule has 0 amide bonds. The Morgan fingerprint density at radius 2 is 1.72 bits per heavy atom. The van der Waals surface area contributed by atoms with Crippen LogP contribution in [0.3, 0.4) is 0 Å². The number of ketones is 1. The number of hydrogen-bond acceptors (Lipinski definition) is 3. The Balaban J connectivity index is 1.83. The molecular formula is C25H23NO3. The van der Waals surface area contributed by atoms with E-state index in [-0.39, 0.29) is 17.7 Å². The van der Waals surface area contributed by atoms with Gasteiger partial charge in [-0.15, -0.1) is 0 Å². The second-order valence-electron chi connectivity index (χ2n) is 7.59. The largest absolute Gasteiger partial charge is 0.465 e. The zero-order valence-corrected chi connectivity index (χ0v) is 16.8. The second kappa shape index (κ2) is 7.55. The first-order valence-electron chi connectivity index (χ1n) is 9.71. The van der Waals surface area contributed by atoms with Crippen molar-refractivity contribution in [1.82, 2.24) is 4.57 Å². The van der Waals surface area contributed by atoms with Crippen LogP contribution in [0.5, 0.6) is 0 Å². The van der Waals surface area contributed by atoms with Gasteiger partial charge in [0.1, 0.15) is 0 Å². The van der Waals surface area contributed by atoms with Crippen molar-refractivity contribution in [2.24, 2.45) is 5.92 Å². The molecule has 29 heavy (non-hydrogen) atoms. The number of hydrogen-bond donors (Lipinski definition) is 0. The fourth-order valence-corrected chi connectivity index (χ4v) is 3.72. The van der Waals surface area contributed by atoms with Crippen LogP contribution in [0.15, 0.2) is 66.9 Å². The lowest BCUT2D eigenvalue weighted by atomic mass is 9.99. The minimum atomic E-state index is -0.379. The topological polar surface area (TPSA) is 48.3 Å². The fourth-order valence-electron chi connectivity index (χ4n) is 3.72. The summed E-state index contributed by atoms with van der Waals surface area (Å²) in [7, 11) is 1.38. The van der Waals surface area contributed by atoms with Gasteiger partial charge in [0.25, 0.3) is 0 Å². The molecule has 0 radical (unpaired) electrons. The highest BCUT2D eigenvalue weighted by atomic mass is 16.5. The van der Waals surface area contributed by atoms with Crippen molar-refractivity contribution < 1.29 is 14.3 Å². The van der Waals surface area contributed by atoms with E-state index in [0.29, 0.717) is 17.7 Å². The maximum absolute atomic E-state index is 12.5. The van der Waals surface area contributed by atoms with E-state index < -0.39 is 0 Å². The summed E-state index contributed by atoms with van der Waals surface area (Å²) in [5.41, 5.74) is 3.14. The first-order valence-corrected chi connectivity index (χ1v) is 9.71. The zero-order valence-electron chi connectivity index (χ0n) is 16.8. The monoisotopic (exact) mass is 385 g/mol. The molecule has 0 atom stereocenters. The molecule has 0 aliphatic heterocycles. The van der Waals surface area contributed by atoms with Crippen molar-refractivity contribution >= 4 is 33.4 Å². The van der Waals surface area contributed by atoms with Crippen molar-refractivity contribution in [2.45, 2.75) is 20.4 Å². The summed E-state index contributed by atoms with van der Waals surface area (Å²) >= 11 is 0. The van der Waals surface area contributed by atoms with Gasteiger partial charge in [-0.05, 0) is 28.5 Å². The molecule has 0 fully saturated rings. The number of benzene rings is 3. The number of carbonyl (C=O) groups is 2. The first kappa shape index (κ1) is 18.9. The maximum Gasteiger partial charge on any atom is 0.340 e. The maximum atomic E-state index is 12.5. The quantitative estimate of drug-likeness (QED) is 0.338. The Kier molecular flexibility index (Phi) is 4.93. The predicted molar refractivity (Wildman–Crippen MR) is 115 cm³/mol. The van der Waals surface area contributed by atoms with Crippen LogP contribution in [-0.4, -0.2) is 23.4 Å². The summed E-state index contributed by atoms with van der Waals surface area (Å²) in [5, 5.41) is 3.15. The van der Waals surface area contributed by atoms with E-state index in [1.165, 1.54) is 17.9 Å². The molecule has 4 aromatic rings. The lowest BCUT2D eigenvalue weighted by Crippen LogP contribution is -2.07. The van der Waals surface area contributed by atoms with Gasteiger partial charge in [0, 0.05) is 35.1 Å². The normalized spacial score (nSPS) is 11.3. The molecule has 0 bridgehead atoms. The van der Waals surface area contributed by atoms with Crippen LogP contribution >= 0.6 is 0 Å². The Morgan fingerprint density at radius 3 is 2.45 bits per heavy atom. The van der Waals surface area contributed by atoms with Gasteiger partial charge in [0.05, 0.1) is 12.7 Å². The van der Waals surface area contributed by atoms with E-state index in [4.69, 9.17) is 4.74 Å². The van der Waals surface area contributed by atoms with Crippen LogP contribution in [-0.2, 0) is 11.3 Å². The molecule has 0 aliphatic rings. The molecule has 0 unspecified atom stereocenters. The highest BCUT2D eigenvalue weighted by Gasteiger charge is 2.18. The third-order valence-corrected chi connectivity index (χ3v) is 5.26. The van der Waals surface area contributed by atoms with Crippen LogP contribution in [0.25, 0.3) is 21.7 Å². The molecule has 4 heteroatoms. The number of aromatic nitrogens is 1. The van der Waals surface area contributed by atoms with E-state index in [0.717, 1.165) is 16.5 Å². The summed E-state index contributed by atoms with van der Waals surface area (Å²) in [6.07, 6.45) is 1.81. The van der Waals surface area contributed by atoms with Gasteiger partial charge in [0.15, 0.2) is 5.78 Å². The van der Waals surface area contributed by atoms with E-state index in [2.05, 4.69) is 30.3 Å². The van der Waals surface area contributed by atoms with Crippen molar-refractivity contribution in [3.63, 3.8) is 0 Å². The minimum Gasteiger partial charge on any atom is -0.465 e. The van der Waals surface area contributed by atoms with Gasteiger partial charge < -0.3 is 9.30 Å². The third-order valence-electron chi connectivity index (χ3n) is 5.26. The first-order chi connectivity index (χ1) is 14.0. The summed E-state index contributed by atoms with van der Waals surface area (Å²) in [4.78, 5) is 24.8. The van der Waals surface area contributed by atoms with Crippen LogP contribution in [0.4, 0.5) is 0 Å². The van der Waals surface area contributed by atoms with Crippen molar-refractivity contribution in [1.29, 1.82) is 0 Å². The van der Waals surface area contributed by atoms with Crippen molar-refractivity contribution in [3.8, 4) is 0 Å². The van der Waals surface area contributed by atoms with E-state index >= 15 is 0 Å². The predicted octanol–water partition coefficient (Wildman–Crippen LogP) is 5.47. The van der Waals surface area contributed by atoms with Crippen molar-refractivity contribution in [3.05, 3.63) is 83.6 Å². The number of methoxy groups -OCH3 is 1. The molecule has 0 spiro atoms. The molecule has 4 rings (SSSR count). The number of carbonyl (C=O) groups excluding carboxylic acids is 2. The molecule has 0 aliphatic carbocycles. The lowest BCUT2D eigenvalue weighted by Gasteiger charge is -2.09. The highest BCUT2D eigenvalue weighted by Crippen LogP contribution is 2.26. The Morgan fingerprint density at radius 1 is 0.966 bits per heavy atom. The fraction of sp³-hybridized carbons (Fsp3) is 0.200. The summed E-state index contributed by atoms with van der Waals surface area (Å²) in [5.74, 6) is -0.378. The molecule has 0 N–H and O–H groups in total. The number of rotatable bonds is 5. The average Bonchev–Trinajstić information content (AvgIpc) is 3.10. The molecular weight excluding hydrogens is 362 g/mol. The molecule has 3 aromatic carbocycles. The van der Waals surface area contributed by atoms with Gasteiger partial charge in [-0.1, -0.05) is 62.4 Å². The summed E-state index contributed by atoms with van der Waals surface area (Å²) < 4.78 is 6.98. The van der Waals surface area contributed by atoms with Crippen LogP contribution in [0.2, 0.25) is 0 Å². The molecule has 1 heterocycles. The Labute approximate surface area is 169 Å². The molecule has 0 saturated heterocycles. The minimum absolute atomic E-state index is 0.0866. The average molecular weight is 385 g/mol. The highest BCUT2D eigenvalue weighted by molar-refractivity contribution is 6.07. The summed E-state index contributed by atoms with van der Waals surface area (Å²) in [6, 6.07) is 20.1. The van der Waals surface area contributed by atoms with Gasteiger partial charge in [-0.2, -0.15) is 0 Å². The lowest BCUT2D eigenvalue weighted by molar-refractivity contribution is 0.0602. The standard InChI is InChI=1S/C25H23NO3/c1-16(2)24(27)20-10-11-21-22(25(28)29-3)15-26(23(21)13-20)14-17-8-9-18-6-4-5-7-19(18)12-17/h4-13,15-16H,14H2,1-3H3. The number of nitrogens with zero attached hydrogens (tertiary/aromatic N) is 1. The number of esters is 1. The van der Waals surface area contributed by atoms with Gasteiger partial charge in [-0.25, -0.2) is 4.79 Å². The molecule has 4 nitrogen and oxygen atoms in total. The SMILES string of the molecule is COC(=O)c1cn(Cc2ccc3ccccc3c2)c2cc(C(=O)C(C)C)ccc12. The van der Waals surface area contributed by atoms with E-state index in [9.17, 15) is 9.59 Å². The summed E-state index contributed by atoms with van der Waals surface area (Å²) in [6.45, 7) is 4.37. The number of fused-ring (bicyclic) bond motifs is 2. The Hall–Kier alpha value is -3.40. The van der Waals surface area contributed by atoms with E-state index in [1.807, 2.05) is 48.9 Å². The van der Waals surface area contributed by atoms with Crippen LogP contribution in [0, 0.1) is 5.92 Å². The number of Topliss-reactive ketones (excluding diaryl/α,β-unsaturated/α-hetero) is 1. The third kappa shape index (κ3) is 3.54. The van der Waals surface area contributed by atoms with Gasteiger partial charge in [-0.3, -0.25) is 4.79 Å². The Bertz CT molecular complexity index is 1230. The van der Waals surface area contributed by atoms with Crippen LogP contribution < -0.4 is 0 Å². The number of ether oxygens (including phenoxy) is 1. The smallest absolute Gasteiger partial charge is 0.340 e. The molecule has 0 saturated carbocycles. The van der Waals surface area contributed by atoms with E-state index in [1.54, 1.807) is 6.07 Å².